The van der Waals surface area contributed by atoms with Crippen LogP contribution in [-0.4, -0.2) is 30.0 Å². The van der Waals surface area contributed by atoms with Crippen LogP contribution in [0.2, 0.25) is 0 Å². The predicted octanol–water partition coefficient (Wildman–Crippen LogP) is 1.97. The van der Waals surface area contributed by atoms with Gasteiger partial charge in [-0.15, -0.1) is 0 Å². The highest BCUT2D eigenvalue weighted by atomic mass is 15.1. The van der Waals surface area contributed by atoms with Crippen LogP contribution in [0.25, 0.3) is 0 Å². The zero-order valence-corrected chi connectivity index (χ0v) is 8.53. The summed E-state index contributed by atoms with van der Waals surface area (Å²) < 4.78 is 0. The van der Waals surface area contributed by atoms with Gasteiger partial charge in [-0.05, 0) is 44.1 Å². The average molecular weight is 178 g/mol. The summed E-state index contributed by atoms with van der Waals surface area (Å²) in [5.41, 5.74) is 1.37. The summed E-state index contributed by atoms with van der Waals surface area (Å²) in [6.07, 6.45) is 6.07. The van der Waals surface area contributed by atoms with Crippen LogP contribution in [0.5, 0.6) is 0 Å². The van der Waals surface area contributed by atoms with Gasteiger partial charge in [0.25, 0.3) is 0 Å². The molecule has 0 aliphatic heterocycles. The molecule has 0 aliphatic carbocycles. The van der Waals surface area contributed by atoms with Crippen LogP contribution in [0, 0.1) is 0 Å². The summed E-state index contributed by atoms with van der Waals surface area (Å²) in [7, 11) is 2.17. The number of hydrogen-bond donors (Lipinski definition) is 0. The molecule has 0 bridgehead atoms. The molecule has 0 aliphatic rings. The maximum atomic E-state index is 4.00. The van der Waals surface area contributed by atoms with E-state index in [-0.39, 0.29) is 0 Å². The minimum atomic E-state index is 1.12. The third-order valence-electron chi connectivity index (χ3n) is 2.14. The van der Waals surface area contributed by atoms with Gasteiger partial charge in [-0.1, -0.05) is 6.92 Å². The van der Waals surface area contributed by atoms with Crippen molar-refractivity contribution in [2.45, 2.75) is 19.8 Å². The van der Waals surface area contributed by atoms with E-state index in [1.54, 1.807) is 0 Å². The predicted molar refractivity (Wildman–Crippen MR) is 55.7 cm³/mol. The minimum Gasteiger partial charge on any atom is -0.306 e. The summed E-state index contributed by atoms with van der Waals surface area (Å²) >= 11 is 0. The number of nitrogens with zero attached hydrogens (tertiary/aromatic N) is 2. The smallest absolute Gasteiger partial charge is 0.0270 e. The number of aromatic nitrogens is 1. The molecule has 0 aromatic carbocycles. The molecule has 13 heavy (non-hydrogen) atoms. The quantitative estimate of drug-likeness (QED) is 0.685. The molecule has 1 aromatic rings. The lowest BCUT2D eigenvalue weighted by Crippen LogP contribution is -2.21. The van der Waals surface area contributed by atoms with Gasteiger partial charge >= 0.3 is 0 Å². The van der Waals surface area contributed by atoms with E-state index >= 15 is 0 Å². The summed E-state index contributed by atoms with van der Waals surface area (Å²) in [5, 5.41) is 0. The fourth-order valence-electron chi connectivity index (χ4n) is 1.36. The van der Waals surface area contributed by atoms with Crippen molar-refractivity contribution in [1.29, 1.82) is 0 Å². The molecule has 0 atom stereocenters. The average Bonchev–Trinajstić information content (AvgIpc) is 2.17. The van der Waals surface area contributed by atoms with E-state index < -0.39 is 0 Å². The van der Waals surface area contributed by atoms with Crippen LogP contribution in [-0.2, 0) is 6.42 Å². The third kappa shape index (κ3) is 4.04. The maximum Gasteiger partial charge on any atom is 0.0270 e. The van der Waals surface area contributed by atoms with E-state index in [4.69, 9.17) is 0 Å². The molecule has 0 radical (unpaired) electrons. The molecule has 0 saturated heterocycles. The van der Waals surface area contributed by atoms with E-state index in [0.717, 1.165) is 13.0 Å². The minimum absolute atomic E-state index is 1.12. The van der Waals surface area contributed by atoms with Crippen molar-refractivity contribution in [2.24, 2.45) is 0 Å². The molecule has 1 aromatic heterocycles. The summed E-state index contributed by atoms with van der Waals surface area (Å²) in [5.74, 6) is 0. The standard InChI is InChI=1S/C11H18N2/c1-3-9-13(2)10-6-11-4-7-12-8-5-11/h4-5,7-8H,3,6,9-10H2,1-2H3. The second kappa shape index (κ2) is 5.70. The van der Waals surface area contributed by atoms with Crippen LogP contribution in [0.4, 0.5) is 0 Å². The SMILES string of the molecule is CCCN(C)CCc1ccncc1. The number of likely N-dealkylation sites (N-methyl/N-ethyl adjacent to an activating group) is 1. The Hall–Kier alpha value is -0.890. The highest BCUT2D eigenvalue weighted by Gasteiger charge is 1.96. The number of rotatable bonds is 5. The van der Waals surface area contributed by atoms with Crippen molar-refractivity contribution in [3.8, 4) is 0 Å². The van der Waals surface area contributed by atoms with Gasteiger partial charge in [-0.3, -0.25) is 4.98 Å². The summed E-state index contributed by atoms with van der Waals surface area (Å²) in [4.78, 5) is 6.36. The molecule has 0 N–H and O–H groups in total. The van der Waals surface area contributed by atoms with Gasteiger partial charge in [-0.25, -0.2) is 0 Å². The molecular formula is C11H18N2. The zero-order chi connectivity index (χ0) is 9.52. The van der Waals surface area contributed by atoms with Crippen LogP contribution in [0.15, 0.2) is 24.5 Å². The summed E-state index contributed by atoms with van der Waals surface area (Å²) in [6, 6.07) is 4.17. The molecule has 0 amide bonds. The zero-order valence-electron chi connectivity index (χ0n) is 8.53. The Bertz CT molecular complexity index is 221. The molecule has 1 rings (SSSR count). The van der Waals surface area contributed by atoms with Gasteiger partial charge in [0.1, 0.15) is 0 Å². The van der Waals surface area contributed by atoms with Crippen molar-refractivity contribution in [3.05, 3.63) is 30.1 Å². The Kier molecular flexibility index (Phi) is 4.47. The first-order chi connectivity index (χ1) is 6.33. The van der Waals surface area contributed by atoms with Crippen molar-refractivity contribution < 1.29 is 0 Å². The Balaban J connectivity index is 2.27. The van der Waals surface area contributed by atoms with Crippen LogP contribution in [0.1, 0.15) is 18.9 Å². The lowest BCUT2D eigenvalue weighted by atomic mass is 10.2. The fourth-order valence-corrected chi connectivity index (χ4v) is 1.36. The van der Waals surface area contributed by atoms with Gasteiger partial charge in [0, 0.05) is 18.9 Å². The number of hydrogen-bond acceptors (Lipinski definition) is 2. The van der Waals surface area contributed by atoms with Gasteiger partial charge in [0.05, 0.1) is 0 Å². The second-order valence-corrected chi connectivity index (χ2v) is 3.41. The van der Waals surface area contributed by atoms with Crippen molar-refractivity contribution in [1.82, 2.24) is 9.88 Å². The van der Waals surface area contributed by atoms with Gasteiger partial charge < -0.3 is 4.90 Å². The molecule has 72 valence electrons. The van der Waals surface area contributed by atoms with Gasteiger partial charge in [-0.2, -0.15) is 0 Å². The molecule has 2 nitrogen and oxygen atoms in total. The molecule has 1 heterocycles. The lowest BCUT2D eigenvalue weighted by molar-refractivity contribution is 0.339. The lowest BCUT2D eigenvalue weighted by Gasteiger charge is -2.14. The van der Waals surface area contributed by atoms with E-state index in [1.807, 2.05) is 12.4 Å². The first-order valence-corrected chi connectivity index (χ1v) is 4.90. The number of pyridine rings is 1. The van der Waals surface area contributed by atoms with Gasteiger partial charge in [0.15, 0.2) is 0 Å². The Morgan fingerprint density at radius 3 is 2.54 bits per heavy atom. The normalized spacial score (nSPS) is 10.7. The summed E-state index contributed by atoms with van der Waals surface area (Å²) in [6.45, 7) is 4.53. The van der Waals surface area contributed by atoms with Crippen LogP contribution in [0.3, 0.4) is 0 Å². The molecule has 0 unspecified atom stereocenters. The maximum absolute atomic E-state index is 4.00. The highest BCUT2D eigenvalue weighted by molar-refractivity contribution is 5.09. The molecule has 0 fully saturated rings. The Morgan fingerprint density at radius 1 is 1.23 bits per heavy atom. The Labute approximate surface area is 80.6 Å². The topological polar surface area (TPSA) is 16.1 Å². The van der Waals surface area contributed by atoms with Crippen molar-refractivity contribution in [3.63, 3.8) is 0 Å². The van der Waals surface area contributed by atoms with Crippen molar-refractivity contribution >= 4 is 0 Å². The second-order valence-electron chi connectivity index (χ2n) is 3.41. The highest BCUT2D eigenvalue weighted by Crippen LogP contribution is 1.98. The first-order valence-electron chi connectivity index (χ1n) is 4.90. The third-order valence-corrected chi connectivity index (χ3v) is 2.14. The van der Waals surface area contributed by atoms with Crippen LogP contribution >= 0.6 is 0 Å². The largest absolute Gasteiger partial charge is 0.306 e. The molecule has 0 saturated carbocycles. The van der Waals surface area contributed by atoms with Crippen molar-refractivity contribution in [2.75, 3.05) is 20.1 Å². The molecular weight excluding hydrogens is 160 g/mol. The van der Waals surface area contributed by atoms with E-state index in [2.05, 4.69) is 36.0 Å². The van der Waals surface area contributed by atoms with E-state index in [9.17, 15) is 0 Å². The van der Waals surface area contributed by atoms with E-state index in [1.165, 1.54) is 18.5 Å². The molecule has 0 spiro atoms. The fraction of sp³-hybridized carbons (Fsp3) is 0.545. The van der Waals surface area contributed by atoms with Gasteiger partial charge in [0.2, 0.25) is 0 Å². The first kappa shape index (κ1) is 10.2. The Morgan fingerprint density at radius 2 is 1.92 bits per heavy atom. The van der Waals surface area contributed by atoms with E-state index in [0.29, 0.717) is 0 Å². The van der Waals surface area contributed by atoms with Crippen LogP contribution < -0.4 is 0 Å². The molecule has 2 heteroatoms. The monoisotopic (exact) mass is 178 g/mol.